The minimum Gasteiger partial charge on any atom is -0.496 e. The number of hydrogen-bond donors (Lipinski definition) is 1. The van der Waals surface area contributed by atoms with E-state index in [1.807, 2.05) is 18.2 Å². The summed E-state index contributed by atoms with van der Waals surface area (Å²) < 4.78 is 24.6. The van der Waals surface area contributed by atoms with Crippen LogP contribution in [0.25, 0.3) is 33.4 Å². The molecule has 0 unspecified atom stereocenters. The number of aromatic nitrogens is 3. The Kier molecular flexibility index (Phi) is 3.53. The predicted octanol–water partition coefficient (Wildman–Crippen LogP) is 3.68. The summed E-state index contributed by atoms with van der Waals surface area (Å²) in [5, 5.41) is 4.84. The number of fused-ring (bicyclic) bond motifs is 1. The van der Waals surface area contributed by atoms with E-state index in [2.05, 4.69) is 15.1 Å². The molecule has 0 aliphatic carbocycles. The van der Waals surface area contributed by atoms with Crippen LogP contribution in [0.3, 0.4) is 0 Å². The van der Waals surface area contributed by atoms with Crippen LogP contribution in [0.4, 0.5) is 10.2 Å². The number of nitrogens with two attached hydrogens (primary N) is 1. The standard InChI is InChI=1S/C18H13FN4O2/c1-24-15-6-5-10(19)7-13(15)16-12-4-2-3-11(17(12)25-23-16)14-8-21-9-22-18(14)20/h2-9H,1H3,(H2,20,21,22). The second-order valence-corrected chi connectivity index (χ2v) is 5.38. The highest BCUT2D eigenvalue weighted by Gasteiger charge is 2.19. The Hall–Kier alpha value is -3.48. The second kappa shape index (κ2) is 5.86. The zero-order valence-corrected chi connectivity index (χ0v) is 13.2. The van der Waals surface area contributed by atoms with Crippen LogP contribution in [0.2, 0.25) is 0 Å². The van der Waals surface area contributed by atoms with Gasteiger partial charge in [-0.15, -0.1) is 0 Å². The van der Waals surface area contributed by atoms with E-state index in [1.54, 1.807) is 12.3 Å². The number of nitrogen functional groups attached to an aromatic ring is 1. The van der Waals surface area contributed by atoms with Gasteiger partial charge in [-0.05, 0) is 24.3 Å². The summed E-state index contributed by atoms with van der Waals surface area (Å²) >= 11 is 0. The quantitative estimate of drug-likeness (QED) is 0.614. The lowest BCUT2D eigenvalue weighted by molar-refractivity contribution is 0.414. The normalized spacial score (nSPS) is 11.0. The molecule has 0 saturated carbocycles. The molecule has 0 radical (unpaired) electrons. The van der Waals surface area contributed by atoms with E-state index < -0.39 is 0 Å². The van der Waals surface area contributed by atoms with Gasteiger partial charge in [0.15, 0.2) is 5.58 Å². The Balaban J connectivity index is 1.97. The van der Waals surface area contributed by atoms with E-state index in [0.29, 0.717) is 44.9 Å². The van der Waals surface area contributed by atoms with E-state index in [1.165, 1.54) is 25.6 Å². The highest BCUT2D eigenvalue weighted by molar-refractivity contribution is 6.01. The Labute approximate surface area is 142 Å². The van der Waals surface area contributed by atoms with Crippen LogP contribution in [0.15, 0.2) is 53.4 Å². The van der Waals surface area contributed by atoms with Crippen molar-refractivity contribution in [2.75, 3.05) is 12.8 Å². The third kappa shape index (κ3) is 2.46. The molecule has 2 heterocycles. The number of ether oxygens (including phenoxy) is 1. The summed E-state index contributed by atoms with van der Waals surface area (Å²) in [6.45, 7) is 0. The van der Waals surface area contributed by atoms with Crippen molar-refractivity contribution in [2.24, 2.45) is 0 Å². The van der Waals surface area contributed by atoms with Gasteiger partial charge in [0.2, 0.25) is 0 Å². The largest absolute Gasteiger partial charge is 0.496 e. The summed E-state index contributed by atoms with van der Waals surface area (Å²) in [7, 11) is 1.52. The van der Waals surface area contributed by atoms with Crippen molar-refractivity contribution in [3.63, 3.8) is 0 Å². The number of anilines is 1. The highest BCUT2D eigenvalue weighted by atomic mass is 19.1. The third-order valence-corrected chi connectivity index (χ3v) is 3.95. The zero-order chi connectivity index (χ0) is 17.4. The first-order valence-corrected chi connectivity index (χ1v) is 7.47. The number of halogens is 1. The van der Waals surface area contributed by atoms with Gasteiger partial charge >= 0.3 is 0 Å². The summed E-state index contributed by atoms with van der Waals surface area (Å²) in [6.07, 6.45) is 2.99. The fraction of sp³-hybridized carbons (Fsp3) is 0.0556. The Morgan fingerprint density at radius 2 is 2.00 bits per heavy atom. The van der Waals surface area contributed by atoms with Gasteiger partial charge in [-0.1, -0.05) is 17.3 Å². The zero-order valence-electron chi connectivity index (χ0n) is 13.2. The molecule has 124 valence electrons. The molecule has 25 heavy (non-hydrogen) atoms. The van der Waals surface area contributed by atoms with E-state index >= 15 is 0 Å². The van der Waals surface area contributed by atoms with Gasteiger partial charge in [-0.3, -0.25) is 0 Å². The van der Waals surface area contributed by atoms with Crippen molar-refractivity contribution < 1.29 is 13.7 Å². The number of hydrogen-bond acceptors (Lipinski definition) is 6. The molecule has 0 fully saturated rings. The maximum Gasteiger partial charge on any atom is 0.175 e. The molecular weight excluding hydrogens is 323 g/mol. The number of nitrogens with zero attached hydrogens (tertiary/aromatic N) is 3. The predicted molar refractivity (Wildman–Crippen MR) is 91.4 cm³/mol. The molecule has 0 bridgehead atoms. The molecule has 4 rings (SSSR count). The fourth-order valence-corrected chi connectivity index (χ4v) is 2.78. The molecule has 0 aliphatic heterocycles. The Morgan fingerprint density at radius 1 is 1.12 bits per heavy atom. The van der Waals surface area contributed by atoms with E-state index in [0.717, 1.165) is 0 Å². The van der Waals surface area contributed by atoms with Gasteiger partial charge < -0.3 is 15.0 Å². The molecule has 4 aromatic rings. The van der Waals surface area contributed by atoms with Crippen LogP contribution in [-0.2, 0) is 0 Å². The Morgan fingerprint density at radius 3 is 2.80 bits per heavy atom. The van der Waals surface area contributed by atoms with Crippen LogP contribution in [0, 0.1) is 5.82 Å². The lowest BCUT2D eigenvalue weighted by Crippen LogP contribution is -1.94. The van der Waals surface area contributed by atoms with Crippen LogP contribution < -0.4 is 10.5 Å². The maximum absolute atomic E-state index is 13.7. The Bertz CT molecular complexity index is 1080. The lowest BCUT2D eigenvalue weighted by Gasteiger charge is -2.06. The first kappa shape index (κ1) is 15.1. The highest BCUT2D eigenvalue weighted by Crippen LogP contribution is 2.38. The number of para-hydroxylation sites is 1. The van der Waals surface area contributed by atoms with Gasteiger partial charge in [0, 0.05) is 22.9 Å². The van der Waals surface area contributed by atoms with E-state index in [4.69, 9.17) is 15.0 Å². The first-order chi connectivity index (χ1) is 12.2. The van der Waals surface area contributed by atoms with Crippen LogP contribution in [-0.4, -0.2) is 22.2 Å². The van der Waals surface area contributed by atoms with Gasteiger partial charge in [0.1, 0.15) is 29.4 Å². The van der Waals surface area contributed by atoms with Crippen LogP contribution in [0.5, 0.6) is 5.75 Å². The van der Waals surface area contributed by atoms with E-state index in [9.17, 15) is 4.39 Å². The topological polar surface area (TPSA) is 87.1 Å². The molecule has 2 N–H and O–H groups in total. The van der Waals surface area contributed by atoms with Gasteiger partial charge in [-0.2, -0.15) is 0 Å². The minimum atomic E-state index is -0.385. The SMILES string of the molecule is COc1ccc(F)cc1-c1noc2c(-c3cncnc3N)cccc12. The van der Waals surface area contributed by atoms with Crippen molar-refractivity contribution in [2.45, 2.75) is 0 Å². The summed E-state index contributed by atoms with van der Waals surface area (Å²) in [5.41, 5.74) is 8.82. The van der Waals surface area contributed by atoms with Crippen LogP contribution >= 0.6 is 0 Å². The van der Waals surface area contributed by atoms with E-state index in [-0.39, 0.29) is 5.82 Å². The minimum absolute atomic E-state index is 0.337. The number of methoxy groups -OCH3 is 1. The molecule has 2 aromatic carbocycles. The van der Waals surface area contributed by atoms with Crippen molar-refractivity contribution in [1.29, 1.82) is 0 Å². The monoisotopic (exact) mass is 336 g/mol. The van der Waals surface area contributed by atoms with Crippen LogP contribution in [0.1, 0.15) is 0 Å². The second-order valence-electron chi connectivity index (χ2n) is 5.38. The molecule has 7 heteroatoms. The molecule has 0 aliphatic rings. The summed E-state index contributed by atoms with van der Waals surface area (Å²) in [6, 6.07) is 9.78. The first-order valence-electron chi connectivity index (χ1n) is 7.47. The van der Waals surface area contributed by atoms with Gasteiger partial charge in [-0.25, -0.2) is 14.4 Å². The average molecular weight is 336 g/mol. The lowest BCUT2D eigenvalue weighted by atomic mass is 10.0. The molecule has 0 spiro atoms. The third-order valence-electron chi connectivity index (χ3n) is 3.95. The number of rotatable bonds is 3. The molecular formula is C18H13FN4O2. The molecule has 2 aromatic heterocycles. The molecule has 0 saturated heterocycles. The van der Waals surface area contributed by atoms with Crippen molar-refractivity contribution in [3.8, 4) is 28.1 Å². The smallest absolute Gasteiger partial charge is 0.175 e. The van der Waals surface area contributed by atoms with Crippen molar-refractivity contribution >= 4 is 16.8 Å². The van der Waals surface area contributed by atoms with Gasteiger partial charge in [0.25, 0.3) is 0 Å². The summed E-state index contributed by atoms with van der Waals surface area (Å²) in [4.78, 5) is 8.01. The van der Waals surface area contributed by atoms with Crippen molar-refractivity contribution in [1.82, 2.24) is 15.1 Å². The summed E-state index contributed by atoms with van der Waals surface area (Å²) in [5.74, 6) is 0.456. The van der Waals surface area contributed by atoms with Gasteiger partial charge in [0.05, 0.1) is 12.5 Å². The number of benzene rings is 2. The molecule has 6 nitrogen and oxygen atoms in total. The maximum atomic E-state index is 13.7. The molecule has 0 amide bonds. The molecule has 0 atom stereocenters. The van der Waals surface area contributed by atoms with Crippen molar-refractivity contribution in [3.05, 3.63) is 54.7 Å². The average Bonchev–Trinajstić information content (AvgIpc) is 3.06. The fourth-order valence-electron chi connectivity index (χ4n) is 2.78.